The SMILES string of the molecule is C/C=C(\C)C(=O)O[C@@H]1C[C@H](c2ccoc2)[C@@](C)(O)[C@@]12O[C@@H]1C[C@H]3[C@@]4(C)[C@@H]5[C@H](OC[C@@]5(C)[C@@H](OC(C)=O)C[C@H]4OC(C)=O)[C@H](O)[C@@]32C1. The minimum Gasteiger partial charge on any atom is -0.472 e. The molecule has 11 nitrogen and oxygen atoms in total. The van der Waals surface area contributed by atoms with Crippen LogP contribution in [0.3, 0.4) is 0 Å². The van der Waals surface area contributed by atoms with Crippen molar-refractivity contribution >= 4 is 17.9 Å². The zero-order valence-electron chi connectivity index (χ0n) is 27.6. The first-order valence-electron chi connectivity index (χ1n) is 16.5. The molecule has 1 aromatic heterocycles. The number of aliphatic hydroxyl groups excluding tert-OH is 1. The van der Waals surface area contributed by atoms with Crippen molar-refractivity contribution in [2.45, 2.75) is 128 Å². The molecule has 3 heterocycles. The van der Waals surface area contributed by atoms with E-state index in [2.05, 4.69) is 6.92 Å². The topological polar surface area (TPSA) is 151 Å². The van der Waals surface area contributed by atoms with Crippen molar-refractivity contribution in [2.75, 3.05) is 6.61 Å². The Bertz CT molecular complexity index is 1470. The van der Waals surface area contributed by atoms with E-state index in [1.807, 2.05) is 6.92 Å². The van der Waals surface area contributed by atoms with Crippen LogP contribution in [0.5, 0.6) is 0 Å². The van der Waals surface area contributed by atoms with Gasteiger partial charge in [-0.05, 0) is 57.6 Å². The first kappa shape index (κ1) is 31.8. The molecule has 11 heteroatoms. The van der Waals surface area contributed by atoms with Crippen molar-refractivity contribution in [3.63, 3.8) is 0 Å². The normalized spacial score (nSPS) is 50.3. The van der Waals surface area contributed by atoms with Crippen LogP contribution in [0.1, 0.15) is 85.6 Å². The summed E-state index contributed by atoms with van der Waals surface area (Å²) in [4.78, 5) is 38.4. The van der Waals surface area contributed by atoms with E-state index < -0.39 is 81.8 Å². The molecule has 6 aliphatic rings. The Balaban J connectivity index is 1.43. The second-order valence-corrected chi connectivity index (χ2v) is 15.4. The molecule has 0 amide bonds. The van der Waals surface area contributed by atoms with Crippen molar-refractivity contribution in [1.29, 1.82) is 0 Å². The fourth-order valence-electron chi connectivity index (χ4n) is 11.7. The van der Waals surface area contributed by atoms with Gasteiger partial charge in [0.1, 0.15) is 29.5 Å². The van der Waals surface area contributed by atoms with Crippen molar-refractivity contribution in [3.8, 4) is 0 Å². The number of furan rings is 1. The molecular weight excluding hydrogens is 596 g/mol. The summed E-state index contributed by atoms with van der Waals surface area (Å²) in [5, 5.41) is 25.7. The minimum atomic E-state index is -1.63. The fourth-order valence-corrected chi connectivity index (χ4v) is 11.7. The van der Waals surface area contributed by atoms with E-state index in [9.17, 15) is 24.6 Å². The van der Waals surface area contributed by atoms with E-state index in [4.69, 9.17) is 28.1 Å². The van der Waals surface area contributed by atoms with Crippen LogP contribution in [-0.2, 0) is 38.1 Å². The highest BCUT2D eigenvalue weighted by Gasteiger charge is 2.89. The number of carbonyl (C=O) groups excluding carboxylic acids is 3. The van der Waals surface area contributed by atoms with Gasteiger partial charge in [-0.3, -0.25) is 9.59 Å². The van der Waals surface area contributed by atoms with Crippen molar-refractivity contribution in [1.82, 2.24) is 0 Å². The van der Waals surface area contributed by atoms with Crippen molar-refractivity contribution < 1.29 is 52.7 Å². The largest absolute Gasteiger partial charge is 0.472 e. The maximum Gasteiger partial charge on any atom is 0.333 e. The predicted molar refractivity (Wildman–Crippen MR) is 160 cm³/mol. The Hall–Kier alpha value is -2.73. The number of fused-ring (bicyclic) bond motifs is 2. The average molecular weight is 643 g/mol. The molecule has 46 heavy (non-hydrogen) atoms. The molecule has 2 N–H and O–H groups in total. The first-order valence-corrected chi connectivity index (χ1v) is 16.5. The smallest absolute Gasteiger partial charge is 0.333 e. The van der Waals surface area contributed by atoms with Gasteiger partial charge in [0.05, 0.1) is 37.4 Å². The van der Waals surface area contributed by atoms with Crippen LogP contribution in [-0.4, -0.2) is 82.6 Å². The highest BCUT2D eigenvalue weighted by atomic mass is 16.6. The van der Waals surface area contributed by atoms with Crippen LogP contribution >= 0.6 is 0 Å². The van der Waals surface area contributed by atoms with Crippen LogP contribution in [0.2, 0.25) is 0 Å². The van der Waals surface area contributed by atoms with Crippen LogP contribution in [0.25, 0.3) is 0 Å². The summed E-state index contributed by atoms with van der Waals surface area (Å²) in [5.41, 5.74) is -4.61. The molecule has 4 aliphatic carbocycles. The minimum absolute atomic E-state index is 0.229. The molecule has 2 saturated heterocycles. The van der Waals surface area contributed by atoms with Gasteiger partial charge in [0, 0.05) is 53.9 Å². The zero-order valence-corrected chi connectivity index (χ0v) is 27.6. The summed E-state index contributed by atoms with van der Waals surface area (Å²) < 4.78 is 37.3. The lowest BCUT2D eigenvalue weighted by molar-refractivity contribution is -0.337. The maximum atomic E-state index is 13.4. The van der Waals surface area contributed by atoms with E-state index in [0.717, 1.165) is 5.56 Å². The standard InChI is InChI=1S/C35H46O11/c1-8-17(2)30(39)45-26-12-22(20-9-10-41-15-20)33(7,40)35(26)34-14-21(46-35)11-23(34)32(6)25(44-19(4)37)13-24(43-18(3)36)31(5)16-42-27(28(31)32)29(34)38/h8-10,15,21-29,38,40H,11-14,16H2,1-7H3/b17-8+/t21-,22-,23+,24+,25-,26-,27+,28-,29+,31+,32-,33-,34-,35+/m1/s1. The van der Waals surface area contributed by atoms with Crippen molar-refractivity contribution in [2.24, 2.45) is 28.1 Å². The van der Waals surface area contributed by atoms with Crippen LogP contribution in [0.4, 0.5) is 0 Å². The van der Waals surface area contributed by atoms with Gasteiger partial charge in [-0.1, -0.05) is 19.9 Å². The quantitative estimate of drug-likeness (QED) is 0.275. The summed E-state index contributed by atoms with van der Waals surface area (Å²) in [6.45, 7) is 12.3. The van der Waals surface area contributed by atoms with Gasteiger partial charge in [-0.25, -0.2) is 4.79 Å². The Morgan fingerprint density at radius 1 is 0.978 bits per heavy atom. The van der Waals surface area contributed by atoms with Crippen LogP contribution in [0, 0.1) is 28.1 Å². The number of ether oxygens (including phenoxy) is 5. The monoisotopic (exact) mass is 642 g/mol. The number of aliphatic hydroxyl groups is 2. The zero-order chi connectivity index (χ0) is 33.2. The van der Waals surface area contributed by atoms with E-state index in [0.29, 0.717) is 18.4 Å². The molecule has 252 valence electrons. The van der Waals surface area contributed by atoms with Gasteiger partial charge in [0.15, 0.2) is 0 Å². The summed E-state index contributed by atoms with van der Waals surface area (Å²) >= 11 is 0. The highest BCUT2D eigenvalue weighted by Crippen LogP contribution is 2.80. The first-order chi connectivity index (χ1) is 21.6. The summed E-state index contributed by atoms with van der Waals surface area (Å²) in [6.07, 6.45) is 1.81. The average Bonchev–Trinajstić information content (AvgIpc) is 3.80. The molecule has 1 aromatic rings. The fraction of sp³-hybridized carbons (Fsp3) is 0.743. The van der Waals surface area contributed by atoms with Gasteiger partial charge in [-0.2, -0.15) is 0 Å². The van der Waals surface area contributed by atoms with E-state index in [-0.39, 0.29) is 37.4 Å². The summed E-state index contributed by atoms with van der Waals surface area (Å²) in [5.74, 6) is -2.64. The van der Waals surface area contributed by atoms with Gasteiger partial charge in [0.2, 0.25) is 0 Å². The van der Waals surface area contributed by atoms with E-state index >= 15 is 0 Å². The highest BCUT2D eigenvalue weighted by molar-refractivity contribution is 5.87. The molecule has 7 rings (SSSR count). The number of hydrogen-bond donors (Lipinski definition) is 2. The summed E-state index contributed by atoms with van der Waals surface area (Å²) in [6, 6.07) is 1.80. The van der Waals surface area contributed by atoms with Gasteiger partial charge in [-0.15, -0.1) is 0 Å². The number of esters is 3. The number of hydrogen-bond acceptors (Lipinski definition) is 11. The summed E-state index contributed by atoms with van der Waals surface area (Å²) in [7, 11) is 0. The van der Waals surface area contributed by atoms with Crippen LogP contribution in [0.15, 0.2) is 34.7 Å². The number of allylic oxidation sites excluding steroid dienone is 1. The number of rotatable bonds is 5. The Morgan fingerprint density at radius 2 is 1.67 bits per heavy atom. The van der Waals surface area contributed by atoms with Gasteiger partial charge >= 0.3 is 17.9 Å². The van der Waals surface area contributed by atoms with Gasteiger partial charge < -0.3 is 38.3 Å². The molecule has 0 unspecified atom stereocenters. The second kappa shape index (κ2) is 10.1. The molecule has 0 aromatic carbocycles. The molecule has 4 saturated carbocycles. The number of carbonyl (C=O) groups is 3. The van der Waals surface area contributed by atoms with E-state index in [1.165, 1.54) is 13.8 Å². The van der Waals surface area contributed by atoms with Crippen molar-refractivity contribution in [3.05, 3.63) is 35.8 Å². The molecule has 2 spiro atoms. The third-order valence-corrected chi connectivity index (χ3v) is 13.4. The Kier molecular flexibility index (Phi) is 7.02. The lowest BCUT2D eigenvalue weighted by Crippen LogP contribution is -2.79. The molecule has 14 atom stereocenters. The van der Waals surface area contributed by atoms with Crippen LogP contribution < -0.4 is 0 Å². The Labute approximate surface area is 268 Å². The molecule has 0 radical (unpaired) electrons. The lowest BCUT2D eigenvalue weighted by atomic mass is 9.38. The molecular formula is C35H46O11. The third kappa shape index (κ3) is 3.71. The van der Waals surface area contributed by atoms with E-state index in [1.54, 1.807) is 45.4 Å². The second-order valence-electron chi connectivity index (χ2n) is 15.4. The molecule has 2 bridgehead atoms. The third-order valence-electron chi connectivity index (χ3n) is 13.4. The Morgan fingerprint density at radius 3 is 2.30 bits per heavy atom. The molecule has 2 aliphatic heterocycles. The molecule has 6 fully saturated rings. The van der Waals surface area contributed by atoms with Gasteiger partial charge in [0.25, 0.3) is 0 Å². The lowest BCUT2D eigenvalue weighted by Gasteiger charge is -2.69. The maximum absolute atomic E-state index is 13.4. The predicted octanol–water partition coefficient (Wildman–Crippen LogP) is 3.60.